The molecule has 1 saturated heterocycles. The van der Waals surface area contributed by atoms with E-state index < -0.39 is 57.3 Å². The first kappa shape index (κ1) is 33.3. The molecule has 0 saturated carbocycles. The Bertz CT molecular complexity index is 1680. The van der Waals surface area contributed by atoms with Crippen LogP contribution in [0.4, 0.5) is 0 Å². The highest BCUT2D eigenvalue weighted by Crippen LogP contribution is 2.39. The molecule has 0 bridgehead atoms. The molecular formula is C35H42N4O6S. The van der Waals surface area contributed by atoms with Crippen LogP contribution < -0.4 is 10.6 Å². The van der Waals surface area contributed by atoms with E-state index in [9.17, 15) is 18.3 Å². The third-order valence-electron chi connectivity index (χ3n) is 8.29. The van der Waals surface area contributed by atoms with Crippen LogP contribution in [0, 0.1) is 5.92 Å². The monoisotopic (exact) mass is 646 g/mol. The average Bonchev–Trinajstić information content (AvgIpc) is 3.40. The van der Waals surface area contributed by atoms with Crippen molar-refractivity contribution in [3.05, 3.63) is 108 Å². The second-order valence-corrected chi connectivity index (χ2v) is 14.7. The molecule has 0 aliphatic carbocycles. The predicted molar refractivity (Wildman–Crippen MR) is 175 cm³/mol. The van der Waals surface area contributed by atoms with Crippen molar-refractivity contribution in [2.24, 2.45) is 5.92 Å². The van der Waals surface area contributed by atoms with Gasteiger partial charge in [0.2, 0.25) is 5.91 Å². The lowest BCUT2D eigenvalue weighted by Crippen LogP contribution is -2.73. The Balaban J connectivity index is 1.77. The fourth-order valence-electron chi connectivity index (χ4n) is 6.14. The van der Waals surface area contributed by atoms with Gasteiger partial charge in [-0.25, -0.2) is 8.42 Å². The van der Waals surface area contributed by atoms with E-state index in [0.29, 0.717) is 5.56 Å². The van der Waals surface area contributed by atoms with Crippen molar-refractivity contribution in [1.82, 2.24) is 19.8 Å². The minimum atomic E-state index is -4.18. The van der Waals surface area contributed by atoms with Crippen LogP contribution in [-0.4, -0.2) is 70.7 Å². The summed E-state index contributed by atoms with van der Waals surface area (Å²) in [5.41, 5.74) is -1.10. The molecule has 46 heavy (non-hydrogen) atoms. The van der Waals surface area contributed by atoms with Crippen LogP contribution in [0.25, 0.3) is 5.70 Å². The summed E-state index contributed by atoms with van der Waals surface area (Å²) >= 11 is 0. The van der Waals surface area contributed by atoms with E-state index in [0.717, 1.165) is 9.87 Å². The summed E-state index contributed by atoms with van der Waals surface area (Å²) in [5.74, 6) is -1.54. The number of carbonyl (C=O) groups is 2. The van der Waals surface area contributed by atoms with Crippen LogP contribution >= 0.6 is 0 Å². The molecule has 2 aliphatic rings. The summed E-state index contributed by atoms with van der Waals surface area (Å²) < 4.78 is 35.6. The number of aliphatic hydroxyl groups is 1. The number of hydrogen-bond donors (Lipinski definition) is 3. The predicted octanol–water partition coefficient (Wildman–Crippen LogP) is 3.70. The highest BCUT2D eigenvalue weighted by atomic mass is 32.2. The summed E-state index contributed by atoms with van der Waals surface area (Å²) in [5, 5.41) is 18.7. The van der Waals surface area contributed by atoms with Gasteiger partial charge in [0, 0.05) is 18.7 Å². The Hall–Kier alpha value is -4.03. The number of ether oxygens (including phenoxy) is 1. The van der Waals surface area contributed by atoms with Crippen molar-refractivity contribution in [3.8, 4) is 0 Å². The second-order valence-electron chi connectivity index (χ2n) is 12.9. The van der Waals surface area contributed by atoms with Crippen molar-refractivity contribution < 1.29 is 27.9 Å². The molecule has 1 fully saturated rings. The van der Waals surface area contributed by atoms with Gasteiger partial charge in [-0.15, -0.1) is 0 Å². The Morgan fingerprint density at radius 2 is 1.59 bits per heavy atom. The number of amides is 2. The van der Waals surface area contributed by atoms with Gasteiger partial charge in [-0.05, 0) is 49.4 Å². The first-order valence-electron chi connectivity index (χ1n) is 15.4. The summed E-state index contributed by atoms with van der Waals surface area (Å²) in [7, 11) is -4.18. The maximum Gasteiger partial charge on any atom is 0.264 e. The zero-order valence-corrected chi connectivity index (χ0v) is 27.6. The molecule has 0 spiro atoms. The molecule has 3 unspecified atom stereocenters. The number of nitrogens with zero attached hydrogens (tertiary/aromatic N) is 2. The van der Waals surface area contributed by atoms with Crippen molar-refractivity contribution >= 4 is 27.5 Å². The lowest BCUT2D eigenvalue weighted by atomic mass is 9.88. The van der Waals surface area contributed by atoms with E-state index >= 15 is 4.79 Å². The molecule has 2 amide bonds. The van der Waals surface area contributed by atoms with Crippen LogP contribution in [-0.2, 0) is 30.8 Å². The Morgan fingerprint density at radius 1 is 1.02 bits per heavy atom. The number of carbonyl (C=O) groups excluding carboxylic acids is 2. The molecule has 3 N–H and O–H groups in total. The SMILES string of the molecule is CC(=O)NC(O)(C1NC(C)(C)CO1)[C@H](Cc1ccccc1)N1C(=O)C(C(C)C)N(S(=O)(=O)c2ccccc2)C=C1c1ccccc1. The lowest BCUT2D eigenvalue weighted by Gasteiger charge is -2.50. The summed E-state index contributed by atoms with van der Waals surface area (Å²) in [4.78, 5) is 29.3. The summed E-state index contributed by atoms with van der Waals surface area (Å²) in [6, 6.07) is 24.0. The van der Waals surface area contributed by atoms with Gasteiger partial charge in [-0.2, -0.15) is 0 Å². The first-order chi connectivity index (χ1) is 21.7. The number of benzene rings is 3. The highest BCUT2D eigenvalue weighted by molar-refractivity contribution is 7.89. The molecule has 244 valence electrons. The molecular weight excluding hydrogens is 604 g/mol. The molecule has 10 nitrogen and oxygen atoms in total. The van der Waals surface area contributed by atoms with Crippen molar-refractivity contribution in [2.75, 3.05) is 6.61 Å². The van der Waals surface area contributed by atoms with E-state index in [-0.39, 0.29) is 23.6 Å². The third kappa shape index (κ3) is 6.59. The quantitative estimate of drug-likeness (QED) is 0.287. The fourth-order valence-corrected chi connectivity index (χ4v) is 7.76. The molecule has 0 radical (unpaired) electrons. The number of sulfonamides is 1. The maximum atomic E-state index is 15.0. The Labute approximate surface area is 271 Å². The number of rotatable bonds is 10. The molecule has 2 heterocycles. The van der Waals surface area contributed by atoms with Crippen LogP contribution in [0.3, 0.4) is 0 Å². The number of nitrogens with one attached hydrogen (secondary N) is 2. The largest absolute Gasteiger partial charge is 0.366 e. The average molecular weight is 647 g/mol. The van der Waals surface area contributed by atoms with Gasteiger partial charge >= 0.3 is 0 Å². The van der Waals surface area contributed by atoms with Crippen LogP contribution in [0.1, 0.15) is 45.7 Å². The molecule has 4 atom stereocenters. The van der Waals surface area contributed by atoms with Gasteiger partial charge in [0.1, 0.15) is 6.04 Å². The zero-order valence-electron chi connectivity index (χ0n) is 26.8. The molecule has 3 aromatic rings. The van der Waals surface area contributed by atoms with Crippen molar-refractivity contribution in [1.29, 1.82) is 0 Å². The van der Waals surface area contributed by atoms with E-state index in [1.165, 1.54) is 30.2 Å². The van der Waals surface area contributed by atoms with E-state index in [2.05, 4.69) is 10.6 Å². The van der Waals surface area contributed by atoms with Gasteiger partial charge in [0.05, 0.1) is 23.2 Å². The molecule has 0 aromatic heterocycles. The van der Waals surface area contributed by atoms with Crippen LogP contribution in [0.5, 0.6) is 0 Å². The maximum absolute atomic E-state index is 15.0. The smallest absolute Gasteiger partial charge is 0.264 e. The van der Waals surface area contributed by atoms with Gasteiger partial charge in [0.25, 0.3) is 15.9 Å². The minimum absolute atomic E-state index is 0.0481. The second kappa shape index (κ2) is 13.0. The number of hydrogen-bond acceptors (Lipinski definition) is 7. The normalized spacial score (nSPS) is 21.9. The van der Waals surface area contributed by atoms with Crippen molar-refractivity contribution in [3.63, 3.8) is 0 Å². The van der Waals surface area contributed by atoms with Crippen LogP contribution in [0.15, 0.2) is 102 Å². The molecule has 11 heteroatoms. The topological polar surface area (TPSA) is 128 Å². The van der Waals surface area contributed by atoms with Gasteiger partial charge < -0.3 is 20.1 Å². The van der Waals surface area contributed by atoms with Gasteiger partial charge in [-0.3, -0.25) is 19.2 Å². The highest BCUT2D eigenvalue weighted by Gasteiger charge is 2.56. The third-order valence-corrected chi connectivity index (χ3v) is 10.0. The molecule has 2 aliphatic heterocycles. The van der Waals surface area contributed by atoms with Gasteiger partial charge in [0.15, 0.2) is 12.0 Å². The minimum Gasteiger partial charge on any atom is -0.366 e. The first-order valence-corrected chi connectivity index (χ1v) is 16.8. The zero-order chi connectivity index (χ0) is 33.3. The van der Waals surface area contributed by atoms with Crippen LogP contribution in [0.2, 0.25) is 0 Å². The Kier molecular flexibility index (Phi) is 9.42. The van der Waals surface area contributed by atoms with E-state index in [1.807, 2.05) is 50.2 Å². The van der Waals surface area contributed by atoms with Crippen molar-refractivity contribution in [2.45, 2.75) is 75.5 Å². The van der Waals surface area contributed by atoms with Gasteiger partial charge in [-0.1, -0.05) is 92.7 Å². The lowest BCUT2D eigenvalue weighted by molar-refractivity contribution is -0.171. The standard InChI is InChI=1S/C35H42N4O6S/c1-24(2)31-32(41)39(29(27-17-11-7-12-18-27)22-38(31)46(43,44)28-19-13-8-14-20-28)30(21-26-15-9-6-10-16-26)35(42,36-25(3)40)33-37-34(4,5)23-45-33/h6-20,22,24,30-31,33,37,42H,21,23H2,1-5H3,(H,36,40)/t30-,31?,33?,35?/m0/s1. The Morgan fingerprint density at radius 3 is 2.11 bits per heavy atom. The fraction of sp³-hybridized carbons (Fsp3) is 0.371. The molecule has 5 rings (SSSR count). The van der Waals surface area contributed by atoms with E-state index in [4.69, 9.17) is 4.74 Å². The summed E-state index contributed by atoms with van der Waals surface area (Å²) in [6.07, 6.45) is 0.475. The summed E-state index contributed by atoms with van der Waals surface area (Å²) in [6.45, 7) is 8.93. The molecule has 3 aromatic carbocycles. The van der Waals surface area contributed by atoms with E-state index in [1.54, 1.807) is 56.3 Å².